The van der Waals surface area contributed by atoms with Crippen LogP contribution in [0.25, 0.3) is 32.7 Å². The van der Waals surface area contributed by atoms with Crippen LogP contribution in [0.4, 0.5) is 10.4 Å². The van der Waals surface area contributed by atoms with Gasteiger partial charge in [-0.2, -0.15) is 4.98 Å². The number of thiophene rings is 1. The molecule has 6 rings (SSSR count). The van der Waals surface area contributed by atoms with Crippen LogP contribution in [0.15, 0.2) is 69.7 Å². The molecule has 2 aromatic carbocycles. The fourth-order valence-corrected chi connectivity index (χ4v) is 6.00. The number of aromatic nitrogens is 4. The van der Waals surface area contributed by atoms with Crippen molar-refractivity contribution in [1.29, 1.82) is 0 Å². The van der Waals surface area contributed by atoms with Crippen LogP contribution < -0.4 is 9.64 Å². The summed E-state index contributed by atoms with van der Waals surface area (Å²) in [5.74, 6) is 0.373. The first-order chi connectivity index (χ1) is 18.4. The number of halogens is 1. The molecule has 0 atom stereocenters. The summed E-state index contributed by atoms with van der Waals surface area (Å²) in [5, 5.41) is 5.89. The maximum Gasteiger partial charge on any atom is 0.324 e. The van der Waals surface area contributed by atoms with Gasteiger partial charge in [0.15, 0.2) is 9.84 Å². The molecule has 1 saturated heterocycles. The predicted octanol–water partition coefficient (Wildman–Crippen LogP) is 5.00. The first-order valence-corrected chi connectivity index (χ1v) is 14.7. The van der Waals surface area contributed by atoms with Crippen molar-refractivity contribution in [2.75, 3.05) is 24.2 Å². The first kappa shape index (κ1) is 24.4. The van der Waals surface area contributed by atoms with Crippen LogP contribution in [-0.4, -0.2) is 54.0 Å². The molecule has 12 heteroatoms. The monoisotopic (exact) mass is 551 g/mol. The summed E-state index contributed by atoms with van der Waals surface area (Å²) in [6, 6.07) is 14.1. The summed E-state index contributed by atoms with van der Waals surface area (Å²) in [6.45, 7) is 1.37. The minimum absolute atomic E-state index is 0.0694. The molecular formula is C26H22FN5O4S2. The van der Waals surface area contributed by atoms with Crippen molar-refractivity contribution >= 4 is 37.4 Å². The van der Waals surface area contributed by atoms with Crippen LogP contribution in [-0.2, 0) is 9.84 Å². The highest BCUT2D eigenvalue weighted by atomic mass is 32.2. The Kier molecular flexibility index (Phi) is 6.28. The van der Waals surface area contributed by atoms with Crippen LogP contribution in [0.2, 0.25) is 0 Å². The highest BCUT2D eigenvalue weighted by molar-refractivity contribution is 7.90. The highest BCUT2D eigenvalue weighted by Crippen LogP contribution is 2.38. The van der Waals surface area contributed by atoms with E-state index in [1.165, 1.54) is 29.8 Å². The second-order valence-corrected chi connectivity index (χ2v) is 11.9. The number of benzene rings is 2. The van der Waals surface area contributed by atoms with E-state index >= 15 is 0 Å². The molecule has 0 saturated carbocycles. The van der Waals surface area contributed by atoms with E-state index in [1.807, 2.05) is 35.2 Å². The van der Waals surface area contributed by atoms with Gasteiger partial charge in [0.1, 0.15) is 22.9 Å². The third-order valence-electron chi connectivity index (χ3n) is 6.42. The van der Waals surface area contributed by atoms with Crippen LogP contribution in [0.5, 0.6) is 5.88 Å². The van der Waals surface area contributed by atoms with E-state index in [4.69, 9.17) is 9.26 Å². The molecule has 0 aliphatic carbocycles. The number of anilines is 1. The van der Waals surface area contributed by atoms with Crippen molar-refractivity contribution in [3.63, 3.8) is 0 Å². The lowest BCUT2D eigenvalue weighted by Crippen LogP contribution is -2.38. The van der Waals surface area contributed by atoms with Gasteiger partial charge in [0.05, 0.1) is 10.4 Å². The molecule has 0 unspecified atom stereocenters. The SMILES string of the molecule is CS(=O)(=O)c1ccc(-c2csc3c(OC4CCN(c5nc(-c6ccccc6)no5)CC4)ncnc23)c(F)c1. The summed E-state index contributed by atoms with van der Waals surface area (Å²) in [7, 11) is -3.51. The van der Waals surface area contributed by atoms with Gasteiger partial charge in [-0.15, -0.1) is 11.3 Å². The van der Waals surface area contributed by atoms with Crippen molar-refractivity contribution in [3.05, 3.63) is 66.1 Å². The molecule has 0 amide bonds. The second kappa shape index (κ2) is 9.76. The highest BCUT2D eigenvalue weighted by Gasteiger charge is 2.26. The van der Waals surface area contributed by atoms with E-state index in [2.05, 4.69) is 20.1 Å². The zero-order chi connectivity index (χ0) is 26.3. The normalized spacial score (nSPS) is 14.7. The Morgan fingerprint density at radius 2 is 1.87 bits per heavy atom. The van der Waals surface area contributed by atoms with E-state index in [0.29, 0.717) is 46.6 Å². The van der Waals surface area contributed by atoms with E-state index in [-0.39, 0.29) is 16.6 Å². The molecule has 3 aromatic heterocycles. The number of ether oxygens (including phenoxy) is 1. The average molecular weight is 552 g/mol. The minimum atomic E-state index is -3.51. The Hall–Kier alpha value is -3.90. The minimum Gasteiger partial charge on any atom is -0.473 e. The van der Waals surface area contributed by atoms with Crippen LogP contribution in [0, 0.1) is 5.82 Å². The van der Waals surface area contributed by atoms with Gasteiger partial charge in [-0.3, -0.25) is 0 Å². The quantitative estimate of drug-likeness (QED) is 0.288. The summed E-state index contributed by atoms with van der Waals surface area (Å²) in [6.07, 6.45) is 3.84. The molecule has 9 nitrogen and oxygen atoms in total. The third-order valence-corrected chi connectivity index (χ3v) is 8.49. The Bertz CT molecular complexity index is 1710. The number of hydrogen-bond acceptors (Lipinski definition) is 10. The number of nitrogens with zero attached hydrogens (tertiary/aromatic N) is 5. The molecule has 1 aliphatic heterocycles. The molecule has 4 heterocycles. The summed E-state index contributed by atoms with van der Waals surface area (Å²) < 4.78 is 50.9. The molecule has 0 N–H and O–H groups in total. The second-order valence-electron chi connectivity index (χ2n) is 8.99. The van der Waals surface area contributed by atoms with Gasteiger partial charge in [-0.1, -0.05) is 41.6 Å². The smallest absolute Gasteiger partial charge is 0.324 e. The molecular weight excluding hydrogens is 529 g/mol. The van der Waals surface area contributed by atoms with E-state index in [0.717, 1.165) is 30.7 Å². The van der Waals surface area contributed by atoms with Gasteiger partial charge in [0.2, 0.25) is 11.7 Å². The van der Waals surface area contributed by atoms with Gasteiger partial charge in [-0.05, 0) is 12.1 Å². The van der Waals surface area contributed by atoms with Crippen molar-refractivity contribution in [2.45, 2.75) is 23.8 Å². The van der Waals surface area contributed by atoms with Gasteiger partial charge >= 0.3 is 6.01 Å². The van der Waals surface area contributed by atoms with E-state index < -0.39 is 15.7 Å². The Morgan fingerprint density at radius 3 is 2.61 bits per heavy atom. The van der Waals surface area contributed by atoms with E-state index in [9.17, 15) is 12.8 Å². The fourth-order valence-electron chi connectivity index (χ4n) is 4.42. The number of hydrogen-bond donors (Lipinski definition) is 0. The average Bonchev–Trinajstić information content (AvgIpc) is 3.58. The summed E-state index contributed by atoms with van der Waals surface area (Å²) in [5.41, 5.74) is 2.30. The number of fused-ring (bicyclic) bond motifs is 1. The first-order valence-electron chi connectivity index (χ1n) is 11.9. The lowest BCUT2D eigenvalue weighted by Gasteiger charge is -2.30. The maximum absolute atomic E-state index is 14.9. The van der Waals surface area contributed by atoms with Gasteiger partial charge in [0.25, 0.3) is 0 Å². The molecule has 1 fully saturated rings. The fraction of sp³-hybridized carbons (Fsp3) is 0.231. The molecule has 38 heavy (non-hydrogen) atoms. The van der Waals surface area contributed by atoms with Crippen molar-refractivity contribution < 1.29 is 22.1 Å². The summed E-state index contributed by atoms with van der Waals surface area (Å²) >= 11 is 1.36. The van der Waals surface area contributed by atoms with Crippen LogP contribution in [0.1, 0.15) is 12.8 Å². The third kappa shape index (κ3) is 4.72. The largest absolute Gasteiger partial charge is 0.473 e. The number of piperidine rings is 1. The molecule has 0 radical (unpaired) electrons. The Balaban J connectivity index is 1.16. The molecule has 1 aliphatic rings. The standard InChI is InChI=1S/C26H22FN5O4S2/c1-38(33,34)18-7-8-19(21(27)13-18)20-14-37-23-22(20)28-15-29-25(23)35-17-9-11-32(12-10-17)26-30-24(31-36-26)16-5-3-2-4-6-16/h2-8,13-15,17H,9-12H2,1H3. The van der Waals surface area contributed by atoms with Crippen molar-refractivity contribution in [3.8, 4) is 28.4 Å². The zero-order valence-corrected chi connectivity index (χ0v) is 21.9. The lowest BCUT2D eigenvalue weighted by molar-refractivity contribution is 0.164. The van der Waals surface area contributed by atoms with Gasteiger partial charge in [0, 0.05) is 54.3 Å². The maximum atomic E-state index is 14.9. The molecule has 0 spiro atoms. The Morgan fingerprint density at radius 1 is 1.08 bits per heavy atom. The predicted molar refractivity (Wildman–Crippen MR) is 142 cm³/mol. The van der Waals surface area contributed by atoms with Gasteiger partial charge < -0.3 is 14.2 Å². The molecule has 194 valence electrons. The topological polar surface area (TPSA) is 111 Å². The number of rotatable bonds is 6. The molecule has 0 bridgehead atoms. The van der Waals surface area contributed by atoms with Crippen molar-refractivity contribution in [2.24, 2.45) is 0 Å². The lowest BCUT2D eigenvalue weighted by atomic mass is 10.1. The zero-order valence-electron chi connectivity index (χ0n) is 20.2. The van der Waals surface area contributed by atoms with Gasteiger partial charge in [-0.25, -0.2) is 22.8 Å². The number of sulfone groups is 1. The van der Waals surface area contributed by atoms with E-state index in [1.54, 1.807) is 5.38 Å². The van der Waals surface area contributed by atoms with Crippen molar-refractivity contribution in [1.82, 2.24) is 20.1 Å². The Labute approximate surface area is 221 Å². The summed E-state index contributed by atoms with van der Waals surface area (Å²) in [4.78, 5) is 15.2. The van der Waals surface area contributed by atoms with Crippen LogP contribution >= 0.6 is 11.3 Å². The molecule has 5 aromatic rings. The van der Waals surface area contributed by atoms with Crippen LogP contribution in [0.3, 0.4) is 0 Å².